The molecule has 0 bridgehead atoms. The van der Waals surface area contributed by atoms with E-state index in [-0.39, 0.29) is 0 Å². The van der Waals surface area contributed by atoms with Crippen molar-refractivity contribution in [3.63, 3.8) is 0 Å². The molecular formula is C15H18O3S. The van der Waals surface area contributed by atoms with Gasteiger partial charge >= 0.3 is 5.97 Å². The highest BCUT2D eigenvalue weighted by molar-refractivity contribution is 7.98. The molecule has 1 aliphatic heterocycles. The first-order valence-electron chi connectivity index (χ1n) is 6.43. The van der Waals surface area contributed by atoms with Gasteiger partial charge in [-0.15, -0.1) is 0 Å². The van der Waals surface area contributed by atoms with Gasteiger partial charge in [0.15, 0.2) is 0 Å². The van der Waals surface area contributed by atoms with Gasteiger partial charge in [-0.2, -0.15) is 11.8 Å². The van der Waals surface area contributed by atoms with E-state index < -0.39 is 5.97 Å². The van der Waals surface area contributed by atoms with Gasteiger partial charge < -0.3 is 9.84 Å². The second-order valence-electron chi connectivity index (χ2n) is 4.56. The third-order valence-electron chi connectivity index (χ3n) is 2.99. The number of rotatable bonds is 6. The van der Waals surface area contributed by atoms with E-state index in [1.54, 1.807) is 6.08 Å². The zero-order chi connectivity index (χ0) is 13.5. The standard InChI is InChI=1S/C15H18O3S/c16-15(17)8-7-12-3-5-13(6-4-12)10-19-11-14-2-1-9-18-14/h3-8,14H,1-2,9-11H2,(H,16,17)/b8-7+. The molecule has 1 fully saturated rings. The van der Waals surface area contributed by atoms with E-state index in [1.807, 2.05) is 36.0 Å². The molecule has 1 aliphatic rings. The Morgan fingerprint density at radius 2 is 2.21 bits per heavy atom. The first-order valence-corrected chi connectivity index (χ1v) is 7.59. The normalized spacial score (nSPS) is 19.1. The number of aliphatic carboxylic acids is 1. The van der Waals surface area contributed by atoms with Gasteiger partial charge in [0, 0.05) is 24.2 Å². The first kappa shape index (κ1) is 14.2. The van der Waals surface area contributed by atoms with Gasteiger partial charge in [0.25, 0.3) is 0 Å². The molecule has 1 aromatic carbocycles. The Morgan fingerprint density at radius 1 is 1.42 bits per heavy atom. The highest BCUT2D eigenvalue weighted by atomic mass is 32.2. The van der Waals surface area contributed by atoms with Crippen molar-refractivity contribution >= 4 is 23.8 Å². The zero-order valence-corrected chi connectivity index (χ0v) is 11.6. The number of carboxylic acids is 1. The Kier molecular flexibility index (Phi) is 5.48. The lowest BCUT2D eigenvalue weighted by atomic mass is 10.1. The quantitative estimate of drug-likeness (QED) is 0.812. The summed E-state index contributed by atoms with van der Waals surface area (Å²) in [5.41, 5.74) is 2.17. The number of hydrogen-bond donors (Lipinski definition) is 1. The fourth-order valence-electron chi connectivity index (χ4n) is 1.98. The minimum absolute atomic E-state index is 0.433. The van der Waals surface area contributed by atoms with Crippen LogP contribution in [-0.4, -0.2) is 29.5 Å². The molecular weight excluding hydrogens is 260 g/mol. The van der Waals surface area contributed by atoms with Gasteiger partial charge in [0.1, 0.15) is 0 Å². The molecule has 102 valence electrons. The van der Waals surface area contributed by atoms with Gasteiger partial charge in [0.05, 0.1) is 6.10 Å². The molecule has 0 radical (unpaired) electrons. The van der Waals surface area contributed by atoms with Crippen molar-refractivity contribution in [1.82, 2.24) is 0 Å². The highest BCUT2D eigenvalue weighted by Crippen LogP contribution is 2.20. The number of ether oxygens (including phenoxy) is 1. The predicted molar refractivity (Wildman–Crippen MR) is 78.2 cm³/mol. The first-order chi connectivity index (χ1) is 9.24. The monoisotopic (exact) mass is 278 g/mol. The van der Waals surface area contributed by atoms with Crippen molar-refractivity contribution in [3.8, 4) is 0 Å². The SMILES string of the molecule is O=C(O)/C=C/c1ccc(CSCC2CCCO2)cc1. The van der Waals surface area contributed by atoms with Crippen LogP contribution in [0.1, 0.15) is 24.0 Å². The van der Waals surface area contributed by atoms with E-state index in [0.29, 0.717) is 6.10 Å². The van der Waals surface area contributed by atoms with Crippen LogP contribution in [0.4, 0.5) is 0 Å². The molecule has 0 spiro atoms. The van der Waals surface area contributed by atoms with Crippen LogP contribution < -0.4 is 0 Å². The topological polar surface area (TPSA) is 46.5 Å². The Morgan fingerprint density at radius 3 is 2.84 bits per heavy atom. The van der Waals surface area contributed by atoms with Gasteiger partial charge in [-0.25, -0.2) is 4.79 Å². The zero-order valence-electron chi connectivity index (χ0n) is 10.7. The average molecular weight is 278 g/mol. The molecule has 1 saturated heterocycles. The predicted octanol–water partition coefficient (Wildman–Crippen LogP) is 3.20. The molecule has 1 unspecified atom stereocenters. The maximum absolute atomic E-state index is 10.4. The summed E-state index contributed by atoms with van der Waals surface area (Å²) in [4.78, 5) is 10.4. The summed E-state index contributed by atoms with van der Waals surface area (Å²) in [6.45, 7) is 0.913. The van der Waals surface area contributed by atoms with Crippen LogP contribution in [0.5, 0.6) is 0 Å². The Hall–Kier alpha value is -1.26. The fourth-order valence-corrected chi connectivity index (χ4v) is 3.05. The molecule has 0 saturated carbocycles. The second kappa shape index (κ2) is 7.36. The molecule has 1 atom stereocenters. The van der Waals surface area contributed by atoms with Gasteiger partial charge in [-0.3, -0.25) is 0 Å². The van der Waals surface area contributed by atoms with Gasteiger partial charge in [0.2, 0.25) is 0 Å². The van der Waals surface area contributed by atoms with E-state index in [1.165, 1.54) is 18.4 Å². The maximum atomic E-state index is 10.4. The second-order valence-corrected chi connectivity index (χ2v) is 5.59. The highest BCUT2D eigenvalue weighted by Gasteiger charge is 2.14. The number of hydrogen-bond acceptors (Lipinski definition) is 3. The summed E-state index contributed by atoms with van der Waals surface area (Å²) in [6.07, 6.45) is 5.57. The minimum atomic E-state index is -0.920. The number of carboxylic acid groups (broad SMARTS) is 1. The van der Waals surface area contributed by atoms with Crippen molar-refractivity contribution in [3.05, 3.63) is 41.5 Å². The van der Waals surface area contributed by atoms with Crippen molar-refractivity contribution in [1.29, 1.82) is 0 Å². The van der Waals surface area contributed by atoms with Crippen LogP contribution in [0, 0.1) is 0 Å². The fraction of sp³-hybridized carbons (Fsp3) is 0.400. The maximum Gasteiger partial charge on any atom is 0.328 e. The third-order valence-corrected chi connectivity index (χ3v) is 4.14. The summed E-state index contributed by atoms with van der Waals surface area (Å²) in [5, 5.41) is 8.55. The number of benzene rings is 1. The lowest BCUT2D eigenvalue weighted by molar-refractivity contribution is -0.131. The average Bonchev–Trinajstić information content (AvgIpc) is 2.91. The van der Waals surface area contributed by atoms with Crippen LogP contribution >= 0.6 is 11.8 Å². The molecule has 2 rings (SSSR count). The van der Waals surface area contributed by atoms with Crippen LogP contribution in [0.3, 0.4) is 0 Å². The molecule has 19 heavy (non-hydrogen) atoms. The Labute approximate surface area is 117 Å². The summed E-state index contributed by atoms with van der Waals surface area (Å²) >= 11 is 1.89. The largest absolute Gasteiger partial charge is 0.478 e. The van der Waals surface area contributed by atoms with Crippen molar-refractivity contribution < 1.29 is 14.6 Å². The molecule has 0 aliphatic carbocycles. The summed E-state index contributed by atoms with van der Waals surface area (Å²) in [5.74, 6) is 1.11. The van der Waals surface area contributed by atoms with Crippen molar-refractivity contribution in [2.45, 2.75) is 24.7 Å². The number of carbonyl (C=O) groups is 1. The summed E-state index contributed by atoms with van der Waals surface area (Å²) in [7, 11) is 0. The van der Waals surface area contributed by atoms with E-state index in [4.69, 9.17) is 9.84 Å². The molecule has 1 aromatic rings. The molecule has 1 N–H and O–H groups in total. The summed E-state index contributed by atoms with van der Waals surface area (Å²) < 4.78 is 5.58. The van der Waals surface area contributed by atoms with Crippen LogP contribution in [0.2, 0.25) is 0 Å². The van der Waals surface area contributed by atoms with Crippen LogP contribution in [0.25, 0.3) is 6.08 Å². The van der Waals surface area contributed by atoms with Crippen LogP contribution in [-0.2, 0) is 15.3 Å². The smallest absolute Gasteiger partial charge is 0.328 e. The summed E-state index contributed by atoms with van der Waals surface area (Å²) in [6, 6.07) is 7.98. The van der Waals surface area contributed by atoms with E-state index in [0.717, 1.165) is 29.8 Å². The van der Waals surface area contributed by atoms with Crippen molar-refractivity contribution in [2.75, 3.05) is 12.4 Å². The molecule has 4 heteroatoms. The van der Waals surface area contributed by atoms with Gasteiger partial charge in [-0.1, -0.05) is 24.3 Å². The van der Waals surface area contributed by atoms with Crippen molar-refractivity contribution in [2.24, 2.45) is 0 Å². The molecule has 3 nitrogen and oxygen atoms in total. The molecule has 0 amide bonds. The van der Waals surface area contributed by atoms with E-state index in [9.17, 15) is 4.79 Å². The Bertz CT molecular complexity index is 433. The lowest BCUT2D eigenvalue weighted by Crippen LogP contribution is -2.07. The lowest BCUT2D eigenvalue weighted by Gasteiger charge is -2.08. The van der Waals surface area contributed by atoms with Crippen LogP contribution in [0.15, 0.2) is 30.3 Å². The minimum Gasteiger partial charge on any atom is -0.478 e. The van der Waals surface area contributed by atoms with E-state index in [2.05, 4.69) is 0 Å². The number of thioether (sulfide) groups is 1. The Balaban J connectivity index is 1.76. The molecule has 0 aromatic heterocycles. The third kappa shape index (κ3) is 5.09. The van der Waals surface area contributed by atoms with Gasteiger partial charge in [-0.05, 0) is 30.0 Å². The molecule has 1 heterocycles. The van der Waals surface area contributed by atoms with E-state index >= 15 is 0 Å².